The lowest BCUT2D eigenvalue weighted by atomic mass is 10.1. The van der Waals surface area contributed by atoms with Gasteiger partial charge < -0.3 is 4.74 Å². The smallest absolute Gasteiger partial charge is 0.246 e. The monoisotopic (exact) mass is 478 g/mol. The fourth-order valence-corrected chi connectivity index (χ4v) is 5.78. The lowest BCUT2D eigenvalue weighted by molar-refractivity contribution is 0.387. The van der Waals surface area contributed by atoms with Gasteiger partial charge in [-0.25, -0.2) is 18.4 Å². The third kappa shape index (κ3) is 5.63. The summed E-state index contributed by atoms with van der Waals surface area (Å²) in [4.78, 5) is 9.33. The molecule has 0 bridgehead atoms. The zero-order chi connectivity index (χ0) is 23.7. The third-order valence-corrected chi connectivity index (χ3v) is 7.43. The highest BCUT2D eigenvalue weighted by Gasteiger charge is 2.27. The van der Waals surface area contributed by atoms with Crippen LogP contribution in [0.5, 0.6) is 5.75 Å². The first-order valence-electron chi connectivity index (χ1n) is 11.1. The molecule has 0 aliphatic carbocycles. The van der Waals surface area contributed by atoms with E-state index in [0.29, 0.717) is 18.8 Å². The van der Waals surface area contributed by atoms with E-state index in [1.54, 1.807) is 36.2 Å². The maximum atomic E-state index is 13.2. The topological polar surface area (TPSA) is 76.8 Å². The molecule has 3 aromatic rings. The molecule has 0 saturated heterocycles. The largest absolute Gasteiger partial charge is 0.495 e. The molecule has 9 heteroatoms. The summed E-state index contributed by atoms with van der Waals surface area (Å²) in [6, 6.07) is 7.04. The minimum Gasteiger partial charge on any atom is -0.495 e. The molecule has 0 amide bonds. The third-order valence-electron chi connectivity index (χ3n) is 4.65. The molecule has 0 spiro atoms. The first kappa shape index (κ1) is 26.2. The van der Waals surface area contributed by atoms with Gasteiger partial charge in [0.25, 0.3) is 0 Å². The van der Waals surface area contributed by atoms with E-state index in [2.05, 4.69) is 11.9 Å². The number of rotatable bonds is 10. The fourth-order valence-electron chi connectivity index (χ4n) is 3.30. The van der Waals surface area contributed by atoms with Crippen molar-refractivity contribution in [1.29, 1.82) is 0 Å². The van der Waals surface area contributed by atoms with E-state index in [1.165, 1.54) is 11.4 Å². The number of aromatic nitrogens is 3. The molecule has 176 valence electrons. The van der Waals surface area contributed by atoms with Crippen molar-refractivity contribution in [3.63, 3.8) is 0 Å². The molecule has 1 aromatic carbocycles. The molecule has 0 aliphatic rings. The van der Waals surface area contributed by atoms with Gasteiger partial charge in [-0.2, -0.15) is 4.31 Å². The fraction of sp³-hybridized carbons (Fsp3) is 0.478. The molecule has 32 heavy (non-hydrogen) atoms. The Balaban J connectivity index is 0.00000176. The van der Waals surface area contributed by atoms with Gasteiger partial charge in [-0.1, -0.05) is 52.4 Å². The Labute approximate surface area is 196 Å². The van der Waals surface area contributed by atoms with Crippen LogP contribution in [0.1, 0.15) is 47.5 Å². The van der Waals surface area contributed by atoms with Crippen LogP contribution < -0.4 is 4.74 Å². The number of benzene rings is 1. The summed E-state index contributed by atoms with van der Waals surface area (Å²) in [6.07, 6.45) is 5.14. The maximum Gasteiger partial charge on any atom is 0.246 e. The van der Waals surface area contributed by atoms with Gasteiger partial charge in [-0.15, -0.1) is 0 Å². The van der Waals surface area contributed by atoms with Crippen LogP contribution in [0.2, 0.25) is 0 Å². The Bertz CT molecular complexity index is 1110. The molecule has 2 aromatic heterocycles. The molecule has 0 aliphatic heterocycles. The second-order valence-electron chi connectivity index (χ2n) is 6.78. The Kier molecular flexibility index (Phi) is 9.99. The molecule has 0 unspecified atom stereocenters. The van der Waals surface area contributed by atoms with Crippen LogP contribution in [-0.2, 0) is 10.0 Å². The number of thioether (sulfide) groups is 1. The molecule has 3 rings (SSSR count). The molecule has 7 nitrogen and oxygen atoms in total. The Hall–Kier alpha value is -2.10. The lowest BCUT2D eigenvalue weighted by Crippen LogP contribution is -2.32. The lowest BCUT2D eigenvalue weighted by Gasteiger charge is -2.22. The van der Waals surface area contributed by atoms with Crippen molar-refractivity contribution >= 4 is 27.4 Å². The number of nitrogens with zero attached hydrogens (tertiary/aromatic N) is 4. The Morgan fingerprint density at radius 1 is 1.09 bits per heavy atom. The molecule has 0 atom stereocenters. The average molecular weight is 479 g/mol. The highest BCUT2D eigenvalue weighted by molar-refractivity contribution is 7.99. The molecule has 2 heterocycles. The number of imidazole rings is 1. The van der Waals surface area contributed by atoms with Gasteiger partial charge in [0, 0.05) is 37.1 Å². The van der Waals surface area contributed by atoms with Crippen LogP contribution in [0.25, 0.3) is 16.9 Å². The first-order chi connectivity index (χ1) is 15.5. The minimum atomic E-state index is -3.64. The second kappa shape index (κ2) is 12.2. The van der Waals surface area contributed by atoms with Crippen molar-refractivity contribution in [3.05, 3.63) is 36.7 Å². The van der Waals surface area contributed by atoms with Crippen LogP contribution in [-0.4, -0.2) is 53.0 Å². The SMILES string of the molecule is CC.CCCN(CCC)S(=O)(=O)c1ccc(-c2cc3nccn3c(SCC)n2)cc1OC. The van der Waals surface area contributed by atoms with Crippen LogP contribution >= 0.6 is 11.8 Å². The van der Waals surface area contributed by atoms with Crippen LogP contribution in [0.15, 0.2) is 46.7 Å². The summed E-state index contributed by atoms with van der Waals surface area (Å²) in [5, 5.41) is 0.843. The first-order valence-corrected chi connectivity index (χ1v) is 13.5. The van der Waals surface area contributed by atoms with Crippen molar-refractivity contribution in [2.45, 2.75) is 57.5 Å². The van der Waals surface area contributed by atoms with E-state index in [0.717, 1.165) is 40.7 Å². The number of ether oxygens (including phenoxy) is 1. The second-order valence-corrected chi connectivity index (χ2v) is 9.92. The van der Waals surface area contributed by atoms with E-state index in [-0.39, 0.29) is 4.90 Å². The van der Waals surface area contributed by atoms with Crippen molar-refractivity contribution in [2.24, 2.45) is 0 Å². The van der Waals surface area contributed by atoms with Gasteiger partial charge in [0.2, 0.25) is 10.0 Å². The number of hydrogen-bond acceptors (Lipinski definition) is 6. The zero-order valence-electron chi connectivity index (χ0n) is 19.8. The predicted octanol–water partition coefficient (Wildman–Crippen LogP) is 5.35. The summed E-state index contributed by atoms with van der Waals surface area (Å²) in [6.45, 7) is 11.0. The summed E-state index contributed by atoms with van der Waals surface area (Å²) in [5.74, 6) is 1.20. The van der Waals surface area contributed by atoms with Crippen molar-refractivity contribution in [1.82, 2.24) is 18.7 Å². The van der Waals surface area contributed by atoms with Gasteiger partial charge in [0.05, 0.1) is 12.8 Å². The number of hydrogen-bond donors (Lipinski definition) is 0. The molecule has 0 radical (unpaired) electrons. The van der Waals surface area contributed by atoms with Crippen molar-refractivity contribution in [3.8, 4) is 17.0 Å². The molecular formula is C23H34N4O3S2. The molecule has 0 N–H and O–H groups in total. The van der Waals surface area contributed by atoms with Crippen LogP contribution in [0.4, 0.5) is 0 Å². The van der Waals surface area contributed by atoms with E-state index < -0.39 is 10.0 Å². The highest BCUT2D eigenvalue weighted by atomic mass is 32.2. The zero-order valence-corrected chi connectivity index (χ0v) is 21.5. The van der Waals surface area contributed by atoms with Crippen molar-refractivity contribution < 1.29 is 13.2 Å². The van der Waals surface area contributed by atoms with Crippen molar-refractivity contribution in [2.75, 3.05) is 26.0 Å². The highest BCUT2D eigenvalue weighted by Crippen LogP contribution is 2.32. The summed E-state index contributed by atoms with van der Waals surface area (Å²) < 4.78 is 35.4. The molecule has 0 saturated carbocycles. The van der Waals surface area contributed by atoms with Crippen LogP contribution in [0, 0.1) is 0 Å². The van der Waals surface area contributed by atoms with Gasteiger partial charge in [-0.3, -0.25) is 4.40 Å². The Morgan fingerprint density at radius 2 is 1.78 bits per heavy atom. The summed E-state index contributed by atoms with van der Waals surface area (Å²) in [7, 11) is -2.15. The molecule has 0 fully saturated rings. The predicted molar refractivity (Wildman–Crippen MR) is 132 cm³/mol. The quantitative estimate of drug-likeness (QED) is 0.289. The number of sulfonamides is 1. The van der Waals surface area contributed by atoms with E-state index in [4.69, 9.17) is 9.72 Å². The average Bonchev–Trinajstić information content (AvgIpc) is 3.29. The van der Waals surface area contributed by atoms with E-state index in [9.17, 15) is 8.42 Å². The number of methoxy groups -OCH3 is 1. The summed E-state index contributed by atoms with van der Waals surface area (Å²) in [5.41, 5.74) is 2.31. The maximum absolute atomic E-state index is 13.2. The van der Waals surface area contributed by atoms with E-state index >= 15 is 0 Å². The normalized spacial score (nSPS) is 11.5. The Morgan fingerprint density at radius 3 is 2.38 bits per heavy atom. The van der Waals surface area contributed by atoms with E-state index in [1.807, 2.05) is 44.4 Å². The van der Waals surface area contributed by atoms with Gasteiger partial charge in [-0.05, 0) is 30.7 Å². The van der Waals surface area contributed by atoms with Crippen LogP contribution in [0.3, 0.4) is 0 Å². The standard InChI is InChI=1S/C21H28N4O3S2.C2H6/c1-5-11-24(12-6-2)30(26,27)19-9-8-16(14-18(19)28-4)17-15-20-22-10-13-25(20)21(23-17)29-7-3;1-2/h8-10,13-15H,5-7,11-12H2,1-4H3;1-2H3. The number of fused-ring (bicyclic) bond motifs is 1. The van der Waals surface area contributed by atoms with Gasteiger partial charge >= 0.3 is 0 Å². The minimum absolute atomic E-state index is 0.181. The molecular weight excluding hydrogens is 444 g/mol. The van der Waals surface area contributed by atoms with Gasteiger partial charge in [0.15, 0.2) is 5.16 Å². The summed E-state index contributed by atoms with van der Waals surface area (Å²) >= 11 is 1.63. The van der Waals surface area contributed by atoms with Gasteiger partial charge in [0.1, 0.15) is 16.3 Å².